The van der Waals surface area contributed by atoms with E-state index in [9.17, 15) is 17.2 Å². The van der Waals surface area contributed by atoms with Crippen LogP contribution in [0, 0.1) is 18.6 Å². The number of hydrogen-bond donors (Lipinski definition) is 0. The molecule has 146 valence electrons. The molecule has 0 N–H and O–H groups in total. The van der Waals surface area contributed by atoms with Gasteiger partial charge in [0, 0.05) is 46.3 Å². The van der Waals surface area contributed by atoms with Crippen molar-refractivity contribution in [2.24, 2.45) is 0 Å². The minimum atomic E-state index is -4.24. The number of halogens is 2. The highest BCUT2D eigenvalue weighted by Gasteiger charge is 2.33. The molecule has 0 spiro atoms. The van der Waals surface area contributed by atoms with Crippen LogP contribution in [-0.2, 0) is 10.0 Å². The lowest BCUT2D eigenvalue weighted by molar-refractivity contribution is 0.377. The number of hydrogen-bond acceptors (Lipinski definition) is 6. The molecule has 0 unspecified atom stereocenters. The molecule has 3 rings (SSSR count). The third-order valence-electron chi connectivity index (χ3n) is 4.35. The van der Waals surface area contributed by atoms with Gasteiger partial charge >= 0.3 is 0 Å². The Morgan fingerprint density at radius 2 is 1.63 bits per heavy atom. The molecule has 0 amide bonds. The third kappa shape index (κ3) is 3.86. The first kappa shape index (κ1) is 19.4. The summed E-state index contributed by atoms with van der Waals surface area (Å²) in [5.74, 6) is -0.111. The summed E-state index contributed by atoms with van der Waals surface area (Å²) in [6.07, 6.45) is 0. The molecule has 2 heterocycles. The minimum absolute atomic E-state index is 0.108. The maximum atomic E-state index is 13.9. The molecule has 7 nitrogen and oxygen atoms in total. The van der Waals surface area contributed by atoms with E-state index in [1.165, 1.54) is 0 Å². The van der Waals surface area contributed by atoms with Gasteiger partial charge in [-0.15, -0.1) is 0 Å². The Balaban J connectivity index is 1.80. The van der Waals surface area contributed by atoms with Gasteiger partial charge in [0.25, 0.3) is 0 Å². The second kappa shape index (κ2) is 7.35. The number of piperazine rings is 1. The first-order valence-electron chi connectivity index (χ1n) is 8.42. The molecule has 10 heteroatoms. The summed E-state index contributed by atoms with van der Waals surface area (Å²) >= 11 is 0. The lowest BCUT2D eigenvalue weighted by atomic mass is 10.3. The van der Waals surface area contributed by atoms with Crippen molar-refractivity contribution in [2.75, 3.05) is 50.1 Å². The van der Waals surface area contributed by atoms with Gasteiger partial charge in [-0.3, -0.25) is 0 Å². The maximum absolute atomic E-state index is 13.9. The number of aryl methyl sites for hydroxylation is 1. The topological polar surface area (TPSA) is 69.6 Å². The Morgan fingerprint density at radius 3 is 2.19 bits per heavy atom. The van der Waals surface area contributed by atoms with Crippen molar-refractivity contribution in [3.63, 3.8) is 0 Å². The molecule has 0 saturated carbocycles. The maximum Gasteiger partial charge on any atom is 0.249 e. The predicted octanol–water partition coefficient (Wildman–Crippen LogP) is 1.64. The van der Waals surface area contributed by atoms with Crippen LogP contribution in [0.5, 0.6) is 0 Å². The highest BCUT2D eigenvalue weighted by Crippen LogP contribution is 2.25. The zero-order valence-electron chi connectivity index (χ0n) is 15.4. The summed E-state index contributed by atoms with van der Waals surface area (Å²) in [5, 5.41) is 0. The van der Waals surface area contributed by atoms with Crippen molar-refractivity contribution in [1.29, 1.82) is 0 Å². The van der Waals surface area contributed by atoms with E-state index in [2.05, 4.69) is 9.97 Å². The average Bonchev–Trinajstić information content (AvgIpc) is 2.61. The summed E-state index contributed by atoms with van der Waals surface area (Å²) in [4.78, 5) is 11.7. The fourth-order valence-corrected chi connectivity index (χ4v) is 4.47. The van der Waals surface area contributed by atoms with E-state index >= 15 is 0 Å². The van der Waals surface area contributed by atoms with Gasteiger partial charge in [-0.05, 0) is 19.1 Å². The highest BCUT2D eigenvalue weighted by atomic mass is 32.2. The van der Waals surface area contributed by atoms with Crippen LogP contribution in [0.25, 0.3) is 0 Å². The number of nitrogens with zero attached hydrogens (tertiary/aromatic N) is 5. The van der Waals surface area contributed by atoms with Gasteiger partial charge in [0.2, 0.25) is 10.0 Å². The number of sulfonamides is 1. The molecule has 1 aliphatic heterocycles. The Labute approximate surface area is 157 Å². The van der Waals surface area contributed by atoms with Crippen LogP contribution in [0.3, 0.4) is 0 Å². The van der Waals surface area contributed by atoms with Crippen LogP contribution >= 0.6 is 0 Å². The lowest BCUT2D eigenvalue weighted by Crippen LogP contribution is -2.49. The Hall–Kier alpha value is -2.33. The second-order valence-corrected chi connectivity index (χ2v) is 8.34. The number of aromatic nitrogens is 2. The van der Waals surface area contributed by atoms with Crippen molar-refractivity contribution in [1.82, 2.24) is 14.3 Å². The third-order valence-corrected chi connectivity index (χ3v) is 6.30. The van der Waals surface area contributed by atoms with Crippen molar-refractivity contribution < 1.29 is 17.2 Å². The SMILES string of the molecule is Cc1nc(N(C)C)cc(N2CCN(S(=O)(=O)c3c(F)cccc3F)CC2)n1. The number of anilines is 2. The molecule has 0 radical (unpaired) electrons. The molecule has 0 aliphatic carbocycles. The van der Waals surface area contributed by atoms with Crippen molar-refractivity contribution >= 4 is 21.7 Å². The molecule has 2 aromatic rings. The van der Waals surface area contributed by atoms with Gasteiger partial charge in [0.05, 0.1) is 0 Å². The number of rotatable bonds is 4. The molecule has 1 fully saturated rings. The van der Waals surface area contributed by atoms with E-state index in [0.29, 0.717) is 24.7 Å². The quantitative estimate of drug-likeness (QED) is 0.781. The monoisotopic (exact) mass is 397 g/mol. The van der Waals surface area contributed by atoms with E-state index < -0.39 is 26.6 Å². The standard InChI is InChI=1S/C17H21F2N5O2S/c1-12-20-15(22(2)3)11-16(21-12)23-7-9-24(10-8-23)27(25,26)17-13(18)5-4-6-14(17)19/h4-6,11H,7-10H2,1-3H3. The Kier molecular flexibility index (Phi) is 5.29. The number of benzene rings is 1. The zero-order chi connectivity index (χ0) is 19.8. The summed E-state index contributed by atoms with van der Waals surface area (Å²) < 4.78 is 54.3. The summed E-state index contributed by atoms with van der Waals surface area (Å²) in [6.45, 7) is 2.72. The van der Waals surface area contributed by atoms with Gasteiger partial charge < -0.3 is 9.80 Å². The molecule has 1 aliphatic rings. The van der Waals surface area contributed by atoms with Gasteiger partial charge in [-0.25, -0.2) is 27.2 Å². The van der Waals surface area contributed by atoms with Crippen molar-refractivity contribution in [2.45, 2.75) is 11.8 Å². The fraction of sp³-hybridized carbons (Fsp3) is 0.412. The Bertz CT molecular complexity index is 924. The molecule has 27 heavy (non-hydrogen) atoms. The molecule has 1 aromatic carbocycles. The highest BCUT2D eigenvalue weighted by molar-refractivity contribution is 7.89. The molecule has 1 aromatic heterocycles. The minimum Gasteiger partial charge on any atom is -0.363 e. The van der Waals surface area contributed by atoms with Gasteiger partial charge in [-0.1, -0.05) is 6.07 Å². The normalized spacial score (nSPS) is 15.8. The second-order valence-electron chi connectivity index (χ2n) is 6.47. The summed E-state index contributed by atoms with van der Waals surface area (Å²) in [5.41, 5.74) is 0. The summed E-state index contributed by atoms with van der Waals surface area (Å²) in [6, 6.07) is 4.85. The van der Waals surface area contributed by atoms with Gasteiger partial charge in [-0.2, -0.15) is 4.31 Å². The van der Waals surface area contributed by atoms with Crippen LogP contribution in [0.1, 0.15) is 5.82 Å². The molecule has 1 saturated heterocycles. The summed E-state index contributed by atoms with van der Waals surface area (Å²) in [7, 11) is -0.495. The largest absolute Gasteiger partial charge is 0.363 e. The Morgan fingerprint density at radius 1 is 1.04 bits per heavy atom. The van der Waals surface area contributed by atoms with Crippen LogP contribution in [0.15, 0.2) is 29.2 Å². The molecule has 0 bridgehead atoms. The first-order chi connectivity index (χ1) is 12.7. The van der Waals surface area contributed by atoms with E-state index in [0.717, 1.165) is 28.3 Å². The average molecular weight is 397 g/mol. The molecular weight excluding hydrogens is 376 g/mol. The zero-order valence-corrected chi connectivity index (χ0v) is 16.2. The van der Waals surface area contributed by atoms with Crippen LogP contribution in [-0.4, -0.2) is 63.0 Å². The van der Waals surface area contributed by atoms with Gasteiger partial charge in [0.15, 0.2) is 4.90 Å². The first-order valence-corrected chi connectivity index (χ1v) is 9.86. The van der Waals surface area contributed by atoms with E-state index in [-0.39, 0.29) is 13.1 Å². The van der Waals surface area contributed by atoms with Crippen LogP contribution < -0.4 is 9.80 Å². The van der Waals surface area contributed by atoms with Crippen LogP contribution in [0.2, 0.25) is 0 Å². The van der Waals surface area contributed by atoms with Crippen LogP contribution in [0.4, 0.5) is 20.4 Å². The van der Waals surface area contributed by atoms with Crippen molar-refractivity contribution in [3.05, 3.63) is 41.7 Å². The van der Waals surface area contributed by atoms with E-state index in [4.69, 9.17) is 0 Å². The van der Waals surface area contributed by atoms with E-state index in [1.807, 2.05) is 30.0 Å². The molecular formula is C17H21F2N5O2S. The van der Waals surface area contributed by atoms with Crippen molar-refractivity contribution in [3.8, 4) is 0 Å². The van der Waals surface area contributed by atoms with Gasteiger partial charge in [0.1, 0.15) is 29.1 Å². The lowest BCUT2D eigenvalue weighted by Gasteiger charge is -2.35. The smallest absolute Gasteiger partial charge is 0.249 e. The predicted molar refractivity (Wildman–Crippen MR) is 98.4 cm³/mol. The fourth-order valence-electron chi connectivity index (χ4n) is 2.94. The molecule has 0 atom stereocenters. The van der Waals surface area contributed by atoms with E-state index in [1.54, 1.807) is 6.92 Å².